The van der Waals surface area contributed by atoms with E-state index in [1.54, 1.807) is 7.11 Å². The Morgan fingerprint density at radius 3 is 2.75 bits per heavy atom. The second kappa shape index (κ2) is 5.32. The van der Waals surface area contributed by atoms with Crippen LogP contribution >= 0.6 is 12.2 Å². The molecule has 3 rings (SSSR count). The van der Waals surface area contributed by atoms with E-state index in [4.69, 9.17) is 17.0 Å². The SMILES string of the molecule is COc1ccc(C2NC(=S)N=C3CCCC(=O)C32)cc1. The number of Topliss-reactive ketones (excluding diaryl/α,β-unsaturated/α-hetero) is 1. The molecule has 1 saturated carbocycles. The Kier molecular flexibility index (Phi) is 3.53. The fourth-order valence-corrected chi connectivity index (χ4v) is 3.15. The molecule has 1 aromatic rings. The first-order chi connectivity index (χ1) is 9.69. The van der Waals surface area contributed by atoms with Crippen molar-refractivity contribution in [3.63, 3.8) is 0 Å². The highest BCUT2D eigenvalue weighted by Crippen LogP contribution is 2.33. The van der Waals surface area contributed by atoms with Gasteiger partial charge in [0.2, 0.25) is 0 Å². The van der Waals surface area contributed by atoms with Crippen LogP contribution in [0.5, 0.6) is 5.75 Å². The van der Waals surface area contributed by atoms with Gasteiger partial charge in [-0.2, -0.15) is 0 Å². The van der Waals surface area contributed by atoms with E-state index in [0.717, 1.165) is 29.9 Å². The minimum Gasteiger partial charge on any atom is -0.497 e. The van der Waals surface area contributed by atoms with Crippen molar-refractivity contribution < 1.29 is 9.53 Å². The molecule has 1 heterocycles. The fraction of sp³-hybridized carbons (Fsp3) is 0.400. The second-order valence-electron chi connectivity index (χ2n) is 5.10. The summed E-state index contributed by atoms with van der Waals surface area (Å²) in [6, 6.07) is 7.65. The average Bonchev–Trinajstić information content (AvgIpc) is 2.46. The summed E-state index contributed by atoms with van der Waals surface area (Å²) in [7, 11) is 1.64. The molecule has 0 saturated heterocycles. The van der Waals surface area contributed by atoms with Gasteiger partial charge in [0.25, 0.3) is 0 Å². The van der Waals surface area contributed by atoms with Crippen molar-refractivity contribution in [2.75, 3.05) is 7.11 Å². The van der Waals surface area contributed by atoms with Crippen LogP contribution in [-0.2, 0) is 4.79 Å². The summed E-state index contributed by atoms with van der Waals surface area (Å²) in [5.74, 6) is 0.880. The first-order valence-corrected chi connectivity index (χ1v) is 7.14. The van der Waals surface area contributed by atoms with Crippen LogP contribution in [0.25, 0.3) is 0 Å². The zero-order chi connectivity index (χ0) is 14.1. The smallest absolute Gasteiger partial charge is 0.193 e. The van der Waals surface area contributed by atoms with E-state index >= 15 is 0 Å². The summed E-state index contributed by atoms with van der Waals surface area (Å²) in [6.07, 6.45) is 2.38. The molecule has 0 aromatic heterocycles. The average molecular weight is 288 g/mol. The minimum absolute atomic E-state index is 0.103. The van der Waals surface area contributed by atoms with Gasteiger partial charge in [-0.05, 0) is 42.8 Å². The van der Waals surface area contributed by atoms with Crippen LogP contribution < -0.4 is 10.1 Å². The molecule has 0 radical (unpaired) electrons. The highest BCUT2D eigenvalue weighted by molar-refractivity contribution is 7.80. The summed E-state index contributed by atoms with van der Waals surface area (Å²) < 4.78 is 5.17. The number of hydrogen-bond acceptors (Lipinski definition) is 3. The molecule has 104 valence electrons. The molecule has 1 aliphatic carbocycles. The lowest BCUT2D eigenvalue weighted by molar-refractivity contribution is -0.122. The number of rotatable bonds is 2. The third-order valence-corrected chi connectivity index (χ3v) is 4.10. The molecule has 1 aromatic carbocycles. The summed E-state index contributed by atoms with van der Waals surface area (Å²) in [6.45, 7) is 0. The van der Waals surface area contributed by atoms with E-state index in [1.165, 1.54) is 0 Å². The second-order valence-corrected chi connectivity index (χ2v) is 5.49. The molecule has 1 fully saturated rings. The van der Waals surface area contributed by atoms with Gasteiger partial charge in [0.15, 0.2) is 5.11 Å². The highest BCUT2D eigenvalue weighted by atomic mass is 32.1. The number of thiocarbonyl (C=S) groups is 1. The molecule has 0 amide bonds. The largest absolute Gasteiger partial charge is 0.497 e. The zero-order valence-electron chi connectivity index (χ0n) is 11.3. The maximum absolute atomic E-state index is 12.3. The van der Waals surface area contributed by atoms with E-state index in [-0.39, 0.29) is 17.7 Å². The van der Waals surface area contributed by atoms with Crippen molar-refractivity contribution in [2.45, 2.75) is 25.3 Å². The summed E-state index contributed by atoms with van der Waals surface area (Å²) in [5, 5.41) is 3.66. The van der Waals surface area contributed by atoms with Gasteiger partial charge >= 0.3 is 0 Å². The van der Waals surface area contributed by atoms with E-state index in [2.05, 4.69) is 10.3 Å². The molecule has 1 N–H and O–H groups in total. The highest BCUT2D eigenvalue weighted by Gasteiger charge is 2.39. The Bertz CT molecular complexity index is 580. The normalized spacial score (nSPS) is 25.6. The number of nitrogens with zero attached hydrogens (tertiary/aromatic N) is 1. The lowest BCUT2D eigenvalue weighted by atomic mass is 9.78. The number of methoxy groups -OCH3 is 1. The van der Waals surface area contributed by atoms with Crippen LogP contribution in [0.2, 0.25) is 0 Å². The fourth-order valence-electron chi connectivity index (χ4n) is 2.91. The molecular formula is C15H16N2O2S. The number of nitrogens with one attached hydrogen (secondary N) is 1. The molecule has 2 atom stereocenters. The molecule has 1 aliphatic heterocycles. The van der Waals surface area contributed by atoms with Gasteiger partial charge in [0, 0.05) is 12.1 Å². The molecule has 2 unspecified atom stereocenters. The van der Waals surface area contributed by atoms with E-state index in [1.807, 2.05) is 24.3 Å². The van der Waals surface area contributed by atoms with Gasteiger partial charge in [-0.1, -0.05) is 12.1 Å². The third kappa shape index (κ3) is 2.33. The van der Waals surface area contributed by atoms with Crippen molar-refractivity contribution in [3.05, 3.63) is 29.8 Å². The van der Waals surface area contributed by atoms with Crippen LogP contribution in [0, 0.1) is 5.92 Å². The molecule has 20 heavy (non-hydrogen) atoms. The number of fused-ring (bicyclic) bond motifs is 1. The van der Waals surface area contributed by atoms with Gasteiger partial charge in [-0.25, -0.2) is 4.99 Å². The van der Waals surface area contributed by atoms with E-state index in [9.17, 15) is 4.79 Å². The number of aliphatic imine (C=N–C) groups is 1. The van der Waals surface area contributed by atoms with E-state index in [0.29, 0.717) is 11.5 Å². The predicted molar refractivity (Wildman–Crippen MR) is 81.3 cm³/mol. The van der Waals surface area contributed by atoms with Crippen LogP contribution in [0.15, 0.2) is 29.3 Å². The van der Waals surface area contributed by atoms with Gasteiger partial charge < -0.3 is 10.1 Å². The van der Waals surface area contributed by atoms with Crippen molar-refractivity contribution in [1.29, 1.82) is 0 Å². The third-order valence-electron chi connectivity index (χ3n) is 3.89. The van der Waals surface area contributed by atoms with Gasteiger partial charge in [0.05, 0.1) is 19.1 Å². The monoisotopic (exact) mass is 288 g/mol. The van der Waals surface area contributed by atoms with Crippen molar-refractivity contribution in [3.8, 4) is 5.75 Å². The number of carbonyl (C=O) groups excluding carboxylic acids is 1. The van der Waals surface area contributed by atoms with Crippen LogP contribution in [0.4, 0.5) is 0 Å². The van der Waals surface area contributed by atoms with Crippen LogP contribution in [-0.4, -0.2) is 23.7 Å². The van der Waals surface area contributed by atoms with E-state index < -0.39 is 0 Å². The Morgan fingerprint density at radius 1 is 1.30 bits per heavy atom. The Balaban J connectivity index is 1.96. The number of benzene rings is 1. The van der Waals surface area contributed by atoms with Crippen molar-refractivity contribution in [2.24, 2.45) is 10.9 Å². The minimum atomic E-state index is -0.177. The standard InChI is InChI=1S/C15H16N2O2S/c1-19-10-7-5-9(6-8-10)14-13-11(16-15(20)17-14)3-2-4-12(13)18/h5-8,13-14H,2-4H2,1H3,(H,17,20). The zero-order valence-corrected chi connectivity index (χ0v) is 12.1. The molecule has 4 nitrogen and oxygen atoms in total. The Labute approximate surface area is 123 Å². The van der Waals surface area contributed by atoms with Crippen molar-refractivity contribution in [1.82, 2.24) is 5.32 Å². The molecule has 0 bridgehead atoms. The first-order valence-electron chi connectivity index (χ1n) is 6.73. The Morgan fingerprint density at radius 2 is 2.05 bits per heavy atom. The number of ketones is 1. The lowest BCUT2D eigenvalue weighted by Crippen LogP contribution is -2.46. The van der Waals surface area contributed by atoms with Gasteiger partial charge in [-0.3, -0.25) is 4.79 Å². The number of ether oxygens (including phenoxy) is 1. The van der Waals surface area contributed by atoms with Gasteiger partial charge in [-0.15, -0.1) is 0 Å². The quantitative estimate of drug-likeness (QED) is 0.849. The number of hydrogen-bond donors (Lipinski definition) is 1. The first kappa shape index (κ1) is 13.2. The molecule has 0 spiro atoms. The Hall–Kier alpha value is -1.75. The molecule has 5 heteroatoms. The molecule has 2 aliphatic rings. The predicted octanol–water partition coefficient (Wildman–Crippen LogP) is 2.43. The molecular weight excluding hydrogens is 272 g/mol. The van der Waals surface area contributed by atoms with Crippen molar-refractivity contribution >= 4 is 28.8 Å². The maximum Gasteiger partial charge on any atom is 0.193 e. The summed E-state index contributed by atoms with van der Waals surface area (Å²) in [4.78, 5) is 16.6. The van der Waals surface area contributed by atoms with Crippen LogP contribution in [0.3, 0.4) is 0 Å². The summed E-state index contributed by atoms with van der Waals surface area (Å²) >= 11 is 5.20. The summed E-state index contributed by atoms with van der Waals surface area (Å²) in [5.41, 5.74) is 1.98. The van der Waals surface area contributed by atoms with Crippen LogP contribution in [0.1, 0.15) is 30.9 Å². The maximum atomic E-state index is 12.3. The topological polar surface area (TPSA) is 50.7 Å². The van der Waals surface area contributed by atoms with Gasteiger partial charge in [0.1, 0.15) is 11.5 Å². The lowest BCUT2D eigenvalue weighted by Gasteiger charge is -2.35. The number of carbonyl (C=O) groups is 1.